The van der Waals surface area contributed by atoms with Crippen LogP contribution in [0.4, 0.5) is 5.69 Å². The Morgan fingerprint density at radius 3 is 2.29 bits per heavy atom. The van der Waals surface area contributed by atoms with Crippen molar-refractivity contribution in [3.63, 3.8) is 0 Å². The van der Waals surface area contributed by atoms with E-state index in [0.717, 1.165) is 24.3 Å². The Kier molecular flexibility index (Phi) is 8.17. The zero-order valence-electron chi connectivity index (χ0n) is 13.1. The van der Waals surface area contributed by atoms with Gasteiger partial charge in [0.1, 0.15) is 5.75 Å². The molecule has 0 amide bonds. The Hall–Kier alpha value is -1.64. The quantitative estimate of drug-likeness (QED) is 0.305. The monoisotopic (exact) mass is 416 g/mol. The lowest BCUT2D eigenvalue weighted by Gasteiger charge is -2.06. The highest BCUT2D eigenvalue weighted by atomic mass is 79.9. The molecule has 1 heterocycles. The van der Waals surface area contributed by atoms with E-state index in [1.54, 1.807) is 12.1 Å². The average Bonchev–Trinajstić information content (AvgIpc) is 2.52. The van der Waals surface area contributed by atoms with Crippen molar-refractivity contribution in [1.82, 2.24) is 0 Å². The van der Waals surface area contributed by atoms with Gasteiger partial charge in [-0.2, -0.15) is 0 Å². The number of halogens is 1. The van der Waals surface area contributed by atoms with Crippen molar-refractivity contribution in [3.8, 4) is 5.75 Å². The number of nitrogen functional groups attached to an aromatic ring is 1. The van der Waals surface area contributed by atoms with E-state index >= 15 is 0 Å². The predicted octanol–water partition coefficient (Wildman–Crippen LogP) is 1.69. The highest BCUT2D eigenvalue weighted by Gasteiger charge is 2.03. The van der Waals surface area contributed by atoms with Gasteiger partial charge in [-0.05, 0) is 36.2 Å². The zero-order valence-corrected chi connectivity index (χ0v) is 15.7. The van der Waals surface area contributed by atoms with Gasteiger partial charge < -0.3 is 15.0 Å². The molecule has 8 heteroatoms. The zero-order chi connectivity index (χ0) is 16.7. The summed E-state index contributed by atoms with van der Waals surface area (Å²) in [6.45, 7) is 1.38. The summed E-state index contributed by atoms with van der Waals surface area (Å²) >= 11 is 0. The van der Waals surface area contributed by atoms with Crippen LogP contribution in [0, 0.1) is 0 Å². The Labute approximate surface area is 152 Å². The Morgan fingerprint density at radius 2 is 1.71 bits per heavy atom. The van der Waals surface area contributed by atoms with Crippen LogP contribution < -0.4 is 15.0 Å². The fraction of sp³-hybridized carbons (Fsp3) is 0.312. The smallest absolute Gasteiger partial charge is 0.169 e. The first-order chi connectivity index (χ1) is 10.9. The molecule has 0 atom stereocenters. The van der Waals surface area contributed by atoms with Gasteiger partial charge in [-0.3, -0.25) is 0 Å². The molecule has 132 valence electrons. The minimum Gasteiger partial charge on any atom is -0.748 e. The van der Waals surface area contributed by atoms with Gasteiger partial charge in [0.2, 0.25) is 0 Å². The largest absolute Gasteiger partial charge is 0.748 e. The van der Waals surface area contributed by atoms with Crippen molar-refractivity contribution >= 4 is 32.8 Å². The summed E-state index contributed by atoms with van der Waals surface area (Å²) in [4.78, 5) is 0. The molecular formula is C16H21BrN2O4S. The van der Waals surface area contributed by atoms with E-state index in [9.17, 15) is 13.0 Å². The maximum atomic E-state index is 10.6. The van der Waals surface area contributed by atoms with E-state index in [-0.39, 0.29) is 29.2 Å². The third-order valence-corrected chi connectivity index (χ3v) is 4.01. The van der Waals surface area contributed by atoms with Crippen LogP contribution in [0.25, 0.3) is 0 Å². The summed E-state index contributed by atoms with van der Waals surface area (Å²) in [5.41, 5.74) is 7.14. The number of nitrogens with two attached hydrogens (primary N) is 1. The number of nitrogens with zero attached hydrogens (tertiary/aromatic N) is 1. The lowest BCUT2D eigenvalue weighted by atomic mass is 10.2. The van der Waals surface area contributed by atoms with Crippen molar-refractivity contribution in [2.75, 3.05) is 18.1 Å². The summed E-state index contributed by atoms with van der Waals surface area (Å²) in [5.74, 6) is 0.422. The van der Waals surface area contributed by atoms with Crippen LogP contribution in [0.5, 0.6) is 5.75 Å². The number of anilines is 1. The van der Waals surface area contributed by atoms with Crippen LogP contribution in [-0.2, 0) is 23.1 Å². The number of ether oxygens (including phenoxy) is 1. The molecule has 0 aliphatic carbocycles. The molecule has 24 heavy (non-hydrogen) atoms. The van der Waals surface area contributed by atoms with Gasteiger partial charge in [-0.25, -0.2) is 13.0 Å². The first-order valence-electron chi connectivity index (χ1n) is 7.32. The highest BCUT2D eigenvalue weighted by Crippen LogP contribution is 2.13. The van der Waals surface area contributed by atoms with Crippen molar-refractivity contribution in [3.05, 3.63) is 54.4 Å². The lowest BCUT2D eigenvalue weighted by Crippen LogP contribution is -2.33. The minimum absolute atomic E-state index is 0. The van der Waals surface area contributed by atoms with Crippen LogP contribution in [0.1, 0.15) is 12.0 Å². The molecule has 1 aromatic carbocycles. The van der Waals surface area contributed by atoms with E-state index in [1.807, 2.05) is 41.2 Å². The van der Waals surface area contributed by atoms with Crippen LogP contribution in [0.2, 0.25) is 0 Å². The normalized spacial score (nSPS) is 10.9. The van der Waals surface area contributed by atoms with Gasteiger partial charge in [0.25, 0.3) is 0 Å². The second-order valence-electron chi connectivity index (χ2n) is 5.23. The summed E-state index contributed by atoms with van der Waals surface area (Å²) in [6, 6.07) is 10.9. The standard InChI is InChI=1S/C16H20N2O4S.BrH/c17-15-2-4-16(5-3-15)22-12-1-9-18-10-6-14(7-11-18)8-13-23(19,20)21;/h2-7,10-11H,1,8-9,12-13,17H2;1H. The lowest BCUT2D eigenvalue weighted by molar-refractivity contribution is -0.697. The summed E-state index contributed by atoms with van der Waals surface area (Å²) < 4.78 is 39.4. The first kappa shape index (κ1) is 20.4. The highest BCUT2D eigenvalue weighted by molar-refractivity contribution is 8.93. The molecule has 0 bridgehead atoms. The second-order valence-corrected chi connectivity index (χ2v) is 6.75. The van der Waals surface area contributed by atoms with E-state index < -0.39 is 10.1 Å². The van der Waals surface area contributed by atoms with Crippen molar-refractivity contribution < 1.29 is 22.3 Å². The van der Waals surface area contributed by atoms with Gasteiger partial charge in [-0.15, -0.1) is 17.0 Å². The number of aryl methyl sites for hydroxylation is 2. The third kappa shape index (κ3) is 7.76. The molecule has 2 aromatic rings. The van der Waals surface area contributed by atoms with Crippen LogP contribution in [-0.4, -0.2) is 25.3 Å². The number of aromatic nitrogens is 1. The molecule has 6 nitrogen and oxygen atoms in total. The predicted molar refractivity (Wildman–Crippen MR) is 96.2 cm³/mol. The second kappa shape index (κ2) is 9.61. The van der Waals surface area contributed by atoms with E-state index in [1.165, 1.54) is 0 Å². The molecule has 0 unspecified atom stereocenters. The number of pyridine rings is 1. The van der Waals surface area contributed by atoms with Crippen LogP contribution in [0.3, 0.4) is 0 Å². The summed E-state index contributed by atoms with van der Waals surface area (Å²) in [5, 5.41) is 0. The maximum Gasteiger partial charge on any atom is 0.169 e. The molecule has 1 aromatic heterocycles. The topological polar surface area (TPSA) is 96.3 Å². The number of benzene rings is 1. The van der Waals surface area contributed by atoms with Gasteiger partial charge in [-0.1, -0.05) is 0 Å². The van der Waals surface area contributed by atoms with E-state index in [0.29, 0.717) is 12.3 Å². The SMILES string of the molecule is Br.Nc1ccc(OCCC[n+]2ccc(CCS(=O)(=O)[O-])cc2)cc1. The van der Waals surface area contributed by atoms with Crippen LogP contribution >= 0.6 is 17.0 Å². The van der Waals surface area contributed by atoms with Crippen LogP contribution in [0.15, 0.2) is 48.8 Å². The molecule has 0 saturated carbocycles. The average molecular weight is 417 g/mol. The molecule has 0 saturated heterocycles. The Balaban J connectivity index is 0.00000288. The molecule has 0 aliphatic heterocycles. The summed E-state index contributed by atoms with van der Waals surface area (Å²) in [7, 11) is -4.16. The number of hydrogen-bond donors (Lipinski definition) is 1. The third-order valence-electron chi connectivity index (χ3n) is 3.31. The molecule has 0 fully saturated rings. The van der Waals surface area contributed by atoms with Gasteiger partial charge >= 0.3 is 0 Å². The molecule has 0 aliphatic rings. The fourth-order valence-corrected chi connectivity index (χ4v) is 2.53. The first-order valence-corrected chi connectivity index (χ1v) is 8.90. The molecular weight excluding hydrogens is 396 g/mol. The van der Waals surface area contributed by atoms with Crippen molar-refractivity contribution in [2.45, 2.75) is 19.4 Å². The van der Waals surface area contributed by atoms with E-state index in [4.69, 9.17) is 10.5 Å². The molecule has 2 rings (SSSR count). The molecule has 0 radical (unpaired) electrons. The Bertz CT molecular complexity index is 719. The van der Waals surface area contributed by atoms with Crippen molar-refractivity contribution in [2.24, 2.45) is 0 Å². The summed E-state index contributed by atoms with van der Waals surface area (Å²) in [6.07, 6.45) is 4.82. The van der Waals surface area contributed by atoms with Gasteiger partial charge in [0.05, 0.1) is 16.7 Å². The van der Waals surface area contributed by atoms with Gasteiger partial charge in [0.15, 0.2) is 18.9 Å². The van der Waals surface area contributed by atoms with Gasteiger partial charge in [0, 0.05) is 30.0 Å². The minimum atomic E-state index is -4.16. The molecule has 2 N–H and O–H groups in total. The molecule has 0 spiro atoms. The van der Waals surface area contributed by atoms with E-state index in [2.05, 4.69) is 0 Å². The van der Waals surface area contributed by atoms with Crippen molar-refractivity contribution in [1.29, 1.82) is 0 Å². The number of hydrogen-bond acceptors (Lipinski definition) is 5. The fourth-order valence-electron chi connectivity index (χ4n) is 2.05. The number of rotatable bonds is 8. The Morgan fingerprint density at radius 1 is 1.08 bits per heavy atom. The maximum absolute atomic E-state index is 10.6.